The van der Waals surface area contributed by atoms with E-state index in [4.69, 9.17) is 11.6 Å². The molecule has 2 rings (SSSR count). The van der Waals surface area contributed by atoms with Gasteiger partial charge < -0.3 is 0 Å². The van der Waals surface area contributed by atoms with Gasteiger partial charge in [-0.05, 0) is 19.8 Å². The maximum absolute atomic E-state index is 6.13. The van der Waals surface area contributed by atoms with Gasteiger partial charge >= 0.3 is 0 Å². The summed E-state index contributed by atoms with van der Waals surface area (Å²) >= 11 is 7.80. The molecule has 0 radical (unpaired) electrons. The largest absolute Gasteiger partial charge is 0.245 e. The number of hydrogen-bond acceptors (Lipinski definition) is 2. The highest BCUT2D eigenvalue weighted by molar-refractivity contribution is 7.09. The summed E-state index contributed by atoms with van der Waals surface area (Å²) in [6.07, 6.45) is 2.19. The lowest BCUT2D eigenvalue weighted by Gasteiger charge is -1.97. The Morgan fingerprint density at radius 2 is 2.40 bits per heavy atom. The van der Waals surface area contributed by atoms with Gasteiger partial charge in [-0.1, -0.05) is 0 Å². The first-order chi connectivity index (χ1) is 4.71. The first kappa shape index (κ1) is 6.62. The molecule has 0 aliphatic heterocycles. The van der Waals surface area contributed by atoms with Crippen molar-refractivity contribution in [3.63, 3.8) is 0 Å². The van der Waals surface area contributed by atoms with Crippen LogP contribution in [-0.4, -0.2) is 4.98 Å². The van der Waals surface area contributed by atoms with Crippen molar-refractivity contribution >= 4 is 22.9 Å². The number of rotatable bonds is 1. The third-order valence-electron chi connectivity index (χ3n) is 1.77. The molecule has 1 nitrogen and oxygen atoms in total. The third kappa shape index (κ3) is 0.956. The van der Waals surface area contributed by atoms with Crippen LogP contribution in [0.4, 0.5) is 0 Å². The number of halogens is 1. The minimum Gasteiger partial charge on any atom is -0.245 e. The van der Waals surface area contributed by atoms with Crippen molar-refractivity contribution in [2.24, 2.45) is 0 Å². The Morgan fingerprint density at radius 3 is 2.80 bits per heavy atom. The van der Waals surface area contributed by atoms with E-state index in [-0.39, 0.29) is 4.87 Å². The lowest BCUT2D eigenvalue weighted by Crippen LogP contribution is -1.95. The smallest absolute Gasteiger partial charge is 0.0898 e. The zero-order valence-corrected chi connectivity index (χ0v) is 7.30. The van der Waals surface area contributed by atoms with Crippen LogP contribution in [0.3, 0.4) is 0 Å². The second-order valence-electron chi connectivity index (χ2n) is 2.72. The van der Waals surface area contributed by atoms with Crippen molar-refractivity contribution in [3.05, 3.63) is 16.1 Å². The average molecular weight is 174 g/mol. The molecule has 0 amide bonds. The molecule has 1 saturated carbocycles. The fourth-order valence-electron chi connectivity index (χ4n) is 0.935. The molecule has 10 heavy (non-hydrogen) atoms. The number of thiazole rings is 1. The maximum Gasteiger partial charge on any atom is 0.0898 e. The van der Waals surface area contributed by atoms with Crippen molar-refractivity contribution in [1.82, 2.24) is 4.98 Å². The monoisotopic (exact) mass is 173 g/mol. The fraction of sp³-hybridized carbons (Fsp3) is 0.571. The summed E-state index contributed by atoms with van der Waals surface area (Å²) < 4.78 is 0. The number of alkyl halides is 1. The summed E-state index contributed by atoms with van der Waals surface area (Å²) in [5, 5.41) is 3.18. The number of aryl methyl sites for hydroxylation is 1. The lowest BCUT2D eigenvalue weighted by molar-refractivity contribution is 0.946. The van der Waals surface area contributed by atoms with Crippen molar-refractivity contribution in [2.75, 3.05) is 0 Å². The minimum atomic E-state index is -0.0647. The molecule has 3 heteroatoms. The minimum absolute atomic E-state index is 0.0647. The van der Waals surface area contributed by atoms with Crippen molar-refractivity contribution < 1.29 is 0 Å². The van der Waals surface area contributed by atoms with Gasteiger partial charge in [0, 0.05) is 5.38 Å². The molecule has 1 heterocycles. The molecular formula is C7H8ClNS. The van der Waals surface area contributed by atoms with Crippen LogP contribution in [0.5, 0.6) is 0 Å². The number of aromatic nitrogens is 1. The van der Waals surface area contributed by atoms with E-state index in [0.29, 0.717) is 0 Å². The molecule has 54 valence electrons. The van der Waals surface area contributed by atoms with Crippen molar-refractivity contribution in [3.8, 4) is 0 Å². The van der Waals surface area contributed by atoms with E-state index in [1.54, 1.807) is 11.3 Å². The van der Waals surface area contributed by atoms with Crippen LogP contribution in [-0.2, 0) is 4.87 Å². The van der Waals surface area contributed by atoms with E-state index >= 15 is 0 Å². The standard InChI is InChI=1S/C7H8ClNS/c1-5-9-6(4-10-5)7(8)2-3-7/h4H,2-3H2,1H3. The van der Waals surface area contributed by atoms with Gasteiger partial charge in [-0.2, -0.15) is 0 Å². The molecule has 1 aliphatic rings. The fourth-order valence-corrected chi connectivity index (χ4v) is 1.90. The Labute approximate surface area is 69.0 Å². The predicted molar refractivity (Wildman–Crippen MR) is 43.6 cm³/mol. The van der Waals surface area contributed by atoms with Gasteiger partial charge in [-0.15, -0.1) is 22.9 Å². The Hall–Kier alpha value is -0.0800. The molecule has 0 saturated heterocycles. The van der Waals surface area contributed by atoms with E-state index in [1.807, 2.05) is 6.92 Å². The summed E-state index contributed by atoms with van der Waals surface area (Å²) in [6.45, 7) is 2.01. The van der Waals surface area contributed by atoms with Crippen LogP contribution in [0.15, 0.2) is 5.38 Å². The zero-order valence-electron chi connectivity index (χ0n) is 5.72. The van der Waals surface area contributed by atoms with E-state index in [9.17, 15) is 0 Å². The maximum atomic E-state index is 6.13. The van der Waals surface area contributed by atoms with Crippen molar-refractivity contribution in [2.45, 2.75) is 24.6 Å². The van der Waals surface area contributed by atoms with Gasteiger partial charge in [0.1, 0.15) is 0 Å². The van der Waals surface area contributed by atoms with Crippen molar-refractivity contribution in [1.29, 1.82) is 0 Å². The van der Waals surface area contributed by atoms with E-state index in [0.717, 1.165) is 23.5 Å². The molecule has 0 aromatic carbocycles. The molecule has 1 aromatic heterocycles. The van der Waals surface area contributed by atoms with Gasteiger partial charge in [-0.25, -0.2) is 4.98 Å². The highest BCUT2D eigenvalue weighted by Gasteiger charge is 2.44. The molecule has 0 spiro atoms. The Kier molecular flexibility index (Phi) is 1.29. The molecule has 0 unspecified atom stereocenters. The van der Waals surface area contributed by atoms with Crippen LogP contribution in [0.2, 0.25) is 0 Å². The molecule has 0 N–H and O–H groups in total. The Bertz CT molecular complexity index is 252. The van der Waals surface area contributed by atoms with Gasteiger partial charge in [0.2, 0.25) is 0 Å². The molecule has 0 atom stereocenters. The topological polar surface area (TPSA) is 12.9 Å². The van der Waals surface area contributed by atoms with Gasteiger partial charge in [0.05, 0.1) is 15.6 Å². The second-order valence-corrected chi connectivity index (χ2v) is 4.50. The second kappa shape index (κ2) is 1.95. The van der Waals surface area contributed by atoms with E-state index in [1.165, 1.54) is 0 Å². The molecular weight excluding hydrogens is 166 g/mol. The molecule has 1 aromatic rings. The van der Waals surface area contributed by atoms with E-state index in [2.05, 4.69) is 10.4 Å². The van der Waals surface area contributed by atoms with Gasteiger partial charge in [-0.3, -0.25) is 0 Å². The molecule has 0 bridgehead atoms. The molecule has 1 aliphatic carbocycles. The Balaban J connectivity index is 2.34. The van der Waals surface area contributed by atoms with Crippen LogP contribution in [0.1, 0.15) is 23.5 Å². The zero-order chi connectivity index (χ0) is 7.19. The predicted octanol–water partition coefficient (Wildman–Crippen LogP) is 2.68. The lowest BCUT2D eigenvalue weighted by atomic mass is 10.3. The van der Waals surface area contributed by atoms with Crippen LogP contribution < -0.4 is 0 Å². The highest BCUT2D eigenvalue weighted by atomic mass is 35.5. The summed E-state index contributed by atoms with van der Waals surface area (Å²) in [5.74, 6) is 0. The summed E-state index contributed by atoms with van der Waals surface area (Å²) in [4.78, 5) is 4.27. The summed E-state index contributed by atoms with van der Waals surface area (Å²) in [6, 6.07) is 0. The van der Waals surface area contributed by atoms with Gasteiger partial charge in [0.15, 0.2) is 0 Å². The number of hydrogen-bond donors (Lipinski definition) is 0. The average Bonchev–Trinajstić information content (AvgIpc) is 2.45. The third-order valence-corrected chi connectivity index (χ3v) is 3.11. The van der Waals surface area contributed by atoms with Crippen LogP contribution in [0, 0.1) is 6.92 Å². The number of nitrogens with zero attached hydrogens (tertiary/aromatic N) is 1. The first-order valence-electron chi connectivity index (χ1n) is 3.32. The first-order valence-corrected chi connectivity index (χ1v) is 4.58. The van der Waals surface area contributed by atoms with Gasteiger partial charge in [0.25, 0.3) is 0 Å². The SMILES string of the molecule is Cc1nc(C2(Cl)CC2)cs1. The highest BCUT2D eigenvalue weighted by Crippen LogP contribution is 2.51. The quantitative estimate of drug-likeness (QED) is 0.596. The van der Waals surface area contributed by atoms with Crippen LogP contribution in [0.25, 0.3) is 0 Å². The van der Waals surface area contributed by atoms with Crippen LogP contribution >= 0.6 is 22.9 Å². The molecule has 1 fully saturated rings. The normalized spacial score (nSPS) is 21.0. The summed E-state index contributed by atoms with van der Waals surface area (Å²) in [7, 11) is 0. The van der Waals surface area contributed by atoms with E-state index < -0.39 is 0 Å². The summed E-state index contributed by atoms with van der Waals surface area (Å²) in [5.41, 5.74) is 1.08. The Morgan fingerprint density at radius 1 is 1.70 bits per heavy atom.